The summed E-state index contributed by atoms with van der Waals surface area (Å²) in [5, 5.41) is 11.8. The Morgan fingerprint density at radius 3 is 2.45 bits per heavy atom. The van der Waals surface area contributed by atoms with Crippen LogP contribution in [0, 0.1) is 5.92 Å². The SMILES string of the molecule is NC1CCC(Nc2ccc3ncc(-c4cnc(NCC5CCCCC5)nc4)n3n2)CC1. The lowest BCUT2D eigenvalue weighted by Gasteiger charge is -2.27. The van der Waals surface area contributed by atoms with Crippen LogP contribution in [0.5, 0.6) is 0 Å². The average Bonchev–Trinajstić information content (AvgIpc) is 3.24. The summed E-state index contributed by atoms with van der Waals surface area (Å²) in [6, 6.07) is 4.76. The van der Waals surface area contributed by atoms with E-state index in [2.05, 4.69) is 25.6 Å². The van der Waals surface area contributed by atoms with E-state index in [0.717, 1.165) is 60.9 Å². The number of hydrogen-bond donors (Lipinski definition) is 3. The summed E-state index contributed by atoms with van der Waals surface area (Å²) in [5.74, 6) is 2.29. The van der Waals surface area contributed by atoms with Crippen LogP contribution in [0.1, 0.15) is 57.8 Å². The van der Waals surface area contributed by atoms with Gasteiger partial charge in [-0.1, -0.05) is 19.3 Å². The molecule has 8 heteroatoms. The molecule has 3 aromatic heterocycles. The second-order valence-electron chi connectivity index (χ2n) is 9.07. The predicted molar refractivity (Wildman–Crippen MR) is 123 cm³/mol. The van der Waals surface area contributed by atoms with Gasteiger partial charge in [0.25, 0.3) is 0 Å². The van der Waals surface area contributed by atoms with E-state index in [1.807, 2.05) is 35.2 Å². The van der Waals surface area contributed by atoms with Crippen molar-refractivity contribution in [3.8, 4) is 11.3 Å². The van der Waals surface area contributed by atoms with Gasteiger partial charge >= 0.3 is 0 Å². The topological polar surface area (TPSA) is 106 Å². The van der Waals surface area contributed by atoms with Crippen LogP contribution in [0.3, 0.4) is 0 Å². The van der Waals surface area contributed by atoms with Gasteiger partial charge in [0.2, 0.25) is 5.95 Å². The first-order chi connectivity index (χ1) is 15.2. The lowest BCUT2D eigenvalue weighted by Crippen LogP contribution is -2.33. The number of anilines is 2. The zero-order valence-corrected chi connectivity index (χ0v) is 18.0. The van der Waals surface area contributed by atoms with E-state index in [1.165, 1.54) is 32.1 Å². The molecule has 2 saturated carbocycles. The Morgan fingerprint density at radius 1 is 0.903 bits per heavy atom. The van der Waals surface area contributed by atoms with Crippen molar-refractivity contribution in [1.29, 1.82) is 0 Å². The molecule has 0 atom stereocenters. The van der Waals surface area contributed by atoms with Crippen LogP contribution in [0.2, 0.25) is 0 Å². The molecule has 0 amide bonds. The quantitative estimate of drug-likeness (QED) is 0.556. The standard InChI is InChI=1S/C23H32N8/c24-18-6-8-19(9-7-18)29-21-10-11-22-25-15-20(31(22)30-21)17-13-27-23(28-14-17)26-12-16-4-2-1-3-5-16/h10-11,13-16,18-19H,1-9,12,24H2,(H,29,30)(H,26,27,28). The maximum Gasteiger partial charge on any atom is 0.222 e. The molecule has 3 aromatic rings. The fraction of sp³-hybridized carbons (Fsp3) is 0.565. The van der Waals surface area contributed by atoms with Gasteiger partial charge in [-0.3, -0.25) is 0 Å². The number of rotatable bonds is 6. The van der Waals surface area contributed by atoms with Crippen LogP contribution < -0.4 is 16.4 Å². The van der Waals surface area contributed by atoms with Crippen LogP contribution in [-0.2, 0) is 0 Å². The molecule has 2 aliphatic rings. The maximum absolute atomic E-state index is 6.03. The minimum atomic E-state index is 0.342. The van der Waals surface area contributed by atoms with Crippen molar-refractivity contribution in [1.82, 2.24) is 24.6 Å². The molecule has 8 nitrogen and oxygen atoms in total. The third kappa shape index (κ3) is 4.79. The van der Waals surface area contributed by atoms with Crippen LogP contribution in [-0.4, -0.2) is 43.2 Å². The maximum atomic E-state index is 6.03. The van der Waals surface area contributed by atoms with E-state index in [0.29, 0.717) is 18.0 Å². The Labute approximate surface area is 183 Å². The van der Waals surface area contributed by atoms with Crippen LogP contribution in [0.15, 0.2) is 30.7 Å². The number of hydrogen-bond acceptors (Lipinski definition) is 7. The van der Waals surface area contributed by atoms with E-state index >= 15 is 0 Å². The van der Waals surface area contributed by atoms with Crippen molar-refractivity contribution >= 4 is 17.4 Å². The van der Waals surface area contributed by atoms with E-state index in [9.17, 15) is 0 Å². The van der Waals surface area contributed by atoms with E-state index in [4.69, 9.17) is 10.8 Å². The summed E-state index contributed by atoms with van der Waals surface area (Å²) in [6.07, 6.45) is 16.5. The minimum Gasteiger partial charge on any atom is -0.366 e. The lowest BCUT2D eigenvalue weighted by atomic mass is 9.89. The van der Waals surface area contributed by atoms with Crippen LogP contribution >= 0.6 is 0 Å². The molecular weight excluding hydrogens is 388 g/mol. The number of aromatic nitrogens is 5. The van der Waals surface area contributed by atoms with Crippen molar-refractivity contribution in [3.05, 3.63) is 30.7 Å². The van der Waals surface area contributed by atoms with Crippen molar-refractivity contribution in [2.24, 2.45) is 11.7 Å². The first-order valence-corrected chi connectivity index (χ1v) is 11.7. The monoisotopic (exact) mass is 420 g/mol. The molecule has 2 fully saturated rings. The van der Waals surface area contributed by atoms with Gasteiger partial charge in [0.15, 0.2) is 5.65 Å². The first kappa shape index (κ1) is 20.2. The highest BCUT2D eigenvalue weighted by Crippen LogP contribution is 2.25. The Balaban J connectivity index is 1.27. The van der Waals surface area contributed by atoms with Crippen molar-refractivity contribution < 1.29 is 0 Å². The van der Waals surface area contributed by atoms with Crippen LogP contribution in [0.4, 0.5) is 11.8 Å². The molecule has 0 radical (unpaired) electrons. The molecule has 0 aliphatic heterocycles. The Morgan fingerprint density at radius 2 is 1.68 bits per heavy atom. The second kappa shape index (κ2) is 9.18. The normalized spacial score (nSPS) is 22.5. The zero-order valence-electron chi connectivity index (χ0n) is 18.0. The molecule has 2 aliphatic carbocycles. The molecule has 3 heterocycles. The summed E-state index contributed by atoms with van der Waals surface area (Å²) in [6.45, 7) is 0.956. The largest absolute Gasteiger partial charge is 0.366 e. The highest BCUT2D eigenvalue weighted by atomic mass is 15.3. The molecule has 31 heavy (non-hydrogen) atoms. The molecule has 0 aromatic carbocycles. The molecule has 0 bridgehead atoms. The van der Waals surface area contributed by atoms with E-state index < -0.39 is 0 Å². The van der Waals surface area contributed by atoms with Gasteiger partial charge in [-0.15, -0.1) is 5.10 Å². The number of nitrogens with one attached hydrogen (secondary N) is 2. The highest BCUT2D eigenvalue weighted by Gasteiger charge is 2.19. The molecule has 0 saturated heterocycles. The number of fused-ring (bicyclic) bond motifs is 1. The van der Waals surface area contributed by atoms with Crippen molar-refractivity contribution in [3.63, 3.8) is 0 Å². The molecule has 0 spiro atoms. The average molecular weight is 421 g/mol. The van der Waals surface area contributed by atoms with Gasteiger partial charge in [-0.2, -0.15) is 0 Å². The molecule has 0 unspecified atom stereocenters. The first-order valence-electron chi connectivity index (χ1n) is 11.7. The zero-order chi connectivity index (χ0) is 21.0. The smallest absolute Gasteiger partial charge is 0.222 e. The third-order valence-electron chi connectivity index (χ3n) is 6.71. The Bertz CT molecular complexity index is 984. The molecule has 164 valence electrons. The number of imidazole rings is 1. The highest BCUT2D eigenvalue weighted by molar-refractivity contribution is 5.62. The Kier molecular flexibility index (Phi) is 5.97. The van der Waals surface area contributed by atoms with Gasteiger partial charge in [0.1, 0.15) is 5.82 Å². The van der Waals surface area contributed by atoms with Gasteiger partial charge in [-0.25, -0.2) is 19.5 Å². The number of nitrogens with zero attached hydrogens (tertiary/aromatic N) is 5. The van der Waals surface area contributed by atoms with E-state index in [-0.39, 0.29) is 0 Å². The van der Waals surface area contributed by atoms with Gasteiger partial charge in [0, 0.05) is 36.6 Å². The van der Waals surface area contributed by atoms with Crippen molar-refractivity contribution in [2.45, 2.75) is 69.9 Å². The molecule has 5 rings (SSSR count). The second-order valence-corrected chi connectivity index (χ2v) is 9.07. The van der Waals surface area contributed by atoms with Gasteiger partial charge in [-0.05, 0) is 56.6 Å². The summed E-state index contributed by atoms with van der Waals surface area (Å²) >= 11 is 0. The summed E-state index contributed by atoms with van der Waals surface area (Å²) in [7, 11) is 0. The minimum absolute atomic E-state index is 0.342. The molecule has 4 N–H and O–H groups in total. The summed E-state index contributed by atoms with van der Waals surface area (Å²) < 4.78 is 1.87. The van der Waals surface area contributed by atoms with Crippen molar-refractivity contribution in [2.75, 3.05) is 17.2 Å². The Hall–Kier alpha value is -2.74. The van der Waals surface area contributed by atoms with Gasteiger partial charge < -0.3 is 16.4 Å². The van der Waals surface area contributed by atoms with Gasteiger partial charge in [0.05, 0.1) is 11.9 Å². The van der Waals surface area contributed by atoms with Crippen LogP contribution in [0.25, 0.3) is 16.9 Å². The number of nitrogens with two attached hydrogens (primary N) is 1. The summed E-state index contributed by atoms with van der Waals surface area (Å²) in [4.78, 5) is 13.6. The molecular formula is C23H32N8. The fourth-order valence-corrected chi connectivity index (χ4v) is 4.80. The fourth-order valence-electron chi connectivity index (χ4n) is 4.80. The summed E-state index contributed by atoms with van der Waals surface area (Å²) in [5.41, 5.74) is 8.64. The predicted octanol–water partition coefficient (Wildman–Crippen LogP) is 3.86. The lowest BCUT2D eigenvalue weighted by molar-refractivity contribution is 0.373. The van der Waals surface area contributed by atoms with E-state index in [1.54, 1.807) is 0 Å². The third-order valence-corrected chi connectivity index (χ3v) is 6.71.